The van der Waals surface area contributed by atoms with E-state index >= 15 is 0 Å². The Morgan fingerprint density at radius 2 is 2.08 bits per heavy atom. The number of aliphatic hydroxyl groups excluding tert-OH is 1. The molecule has 0 aliphatic carbocycles. The molecular formula is C18H29N5OS. The van der Waals surface area contributed by atoms with Gasteiger partial charge in [0.15, 0.2) is 0 Å². The van der Waals surface area contributed by atoms with Crippen molar-refractivity contribution < 1.29 is 5.11 Å². The molecule has 25 heavy (non-hydrogen) atoms. The van der Waals surface area contributed by atoms with Crippen LogP contribution in [0, 0.1) is 0 Å². The molecule has 4 rings (SSSR count). The molecule has 2 atom stereocenters. The van der Waals surface area contributed by atoms with Crippen LogP contribution < -0.4 is 4.90 Å². The number of hydrogen-bond donors (Lipinski definition) is 1. The molecular weight excluding hydrogens is 334 g/mol. The van der Waals surface area contributed by atoms with Gasteiger partial charge in [-0.25, -0.2) is 9.97 Å². The minimum Gasteiger partial charge on any atom is -0.396 e. The standard InChI is InChI=1S/C18H29N5OS/c24-9-4-17-13-22-6-1-2-16(22)14-23(17)12-15-3-5-19-18(20-15)21-7-10-25-11-8-21/h3,5,16-17,24H,1-2,4,6-14H2/t16-,17-/m0/s1. The summed E-state index contributed by atoms with van der Waals surface area (Å²) in [6, 6.07) is 3.18. The summed E-state index contributed by atoms with van der Waals surface area (Å²) in [5.74, 6) is 3.21. The van der Waals surface area contributed by atoms with E-state index in [2.05, 4.69) is 25.8 Å². The van der Waals surface area contributed by atoms with Crippen molar-refractivity contribution in [2.24, 2.45) is 0 Å². The Morgan fingerprint density at radius 3 is 2.92 bits per heavy atom. The summed E-state index contributed by atoms with van der Waals surface area (Å²) in [5, 5.41) is 9.48. The first-order chi connectivity index (χ1) is 12.3. The van der Waals surface area contributed by atoms with E-state index in [-0.39, 0.29) is 6.61 Å². The molecule has 3 saturated heterocycles. The lowest BCUT2D eigenvalue weighted by atomic mass is 10.0. The van der Waals surface area contributed by atoms with Gasteiger partial charge in [0.05, 0.1) is 5.69 Å². The average molecular weight is 364 g/mol. The van der Waals surface area contributed by atoms with Gasteiger partial charge in [0.1, 0.15) is 0 Å². The third-order valence-corrected chi connectivity index (χ3v) is 6.67. The van der Waals surface area contributed by atoms with Crippen LogP contribution in [0.3, 0.4) is 0 Å². The molecule has 3 aliphatic rings. The van der Waals surface area contributed by atoms with Crippen LogP contribution in [-0.4, -0.2) is 87.8 Å². The van der Waals surface area contributed by atoms with E-state index in [9.17, 15) is 5.11 Å². The van der Waals surface area contributed by atoms with Gasteiger partial charge in [0.2, 0.25) is 5.95 Å². The summed E-state index contributed by atoms with van der Waals surface area (Å²) < 4.78 is 0. The van der Waals surface area contributed by atoms with Crippen molar-refractivity contribution in [3.05, 3.63) is 18.0 Å². The van der Waals surface area contributed by atoms with E-state index in [0.717, 1.165) is 62.3 Å². The highest BCUT2D eigenvalue weighted by atomic mass is 32.2. The maximum absolute atomic E-state index is 9.48. The molecule has 1 N–H and O–H groups in total. The smallest absolute Gasteiger partial charge is 0.225 e. The number of piperazine rings is 1. The van der Waals surface area contributed by atoms with Crippen molar-refractivity contribution in [2.45, 2.75) is 37.9 Å². The molecule has 0 saturated carbocycles. The fourth-order valence-corrected chi connectivity index (χ4v) is 5.26. The first kappa shape index (κ1) is 17.5. The fourth-order valence-electron chi connectivity index (χ4n) is 4.36. The summed E-state index contributed by atoms with van der Waals surface area (Å²) in [6.45, 7) is 6.64. The SMILES string of the molecule is OCC[C@H]1CN2CCC[C@H]2CN1Cc1ccnc(N2CCSCC2)n1. The molecule has 6 nitrogen and oxygen atoms in total. The highest BCUT2D eigenvalue weighted by Gasteiger charge is 2.36. The summed E-state index contributed by atoms with van der Waals surface area (Å²) in [4.78, 5) is 16.8. The number of hydrogen-bond acceptors (Lipinski definition) is 7. The maximum atomic E-state index is 9.48. The number of nitrogens with zero attached hydrogens (tertiary/aromatic N) is 5. The van der Waals surface area contributed by atoms with Crippen LogP contribution in [0.15, 0.2) is 12.3 Å². The molecule has 0 spiro atoms. The predicted octanol–water partition coefficient (Wildman–Crippen LogP) is 1.06. The zero-order valence-corrected chi connectivity index (χ0v) is 15.7. The molecule has 4 heterocycles. The van der Waals surface area contributed by atoms with Crippen LogP contribution in [0.4, 0.5) is 5.95 Å². The van der Waals surface area contributed by atoms with Gasteiger partial charge < -0.3 is 10.0 Å². The fraction of sp³-hybridized carbons (Fsp3) is 0.778. The second-order valence-electron chi connectivity index (χ2n) is 7.33. The number of aromatic nitrogens is 2. The van der Waals surface area contributed by atoms with Crippen LogP contribution in [0.2, 0.25) is 0 Å². The van der Waals surface area contributed by atoms with Gasteiger partial charge in [0, 0.05) is 69.1 Å². The lowest BCUT2D eigenvalue weighted by Crippen LogP contribution is -2.55. The van der Waals surface area contributed by atoms with E-state index in [1.54, 1.807) is 0 Å². The summed E-state index contributed by atoms with van der Waals surface area (Å²) >= 11 is 2.01. The van der Waals surface area contributed by atoms with Gasteiger partial charge in [-0.15, -0.1) is 0 Å². The van der Waals surface area contributed by atoms with Crippen LogP contribution in [0.1, 0.15) is 25.0 Å². The number of anilines is 1. The van der Waals surface area contributed by atoms with E-state index in [4.69, 9.17) is 4.98 Å². The number of aliphatic hydroxyl groups is 1. The van der Waals surface area contributed by atoms with Crippen molar-refractivity contribution in [3.63, 3.8) is 0 Å². The largest absolute Gasteiger partial charge is 0.396 e. The third kappa shape index (κ3) is 4.10. The van der Waals surface area contributed by atoms with Crippen LogP contribution in [0.25, 0.3) is 0 Å². The second kappa shape index (κ2) is 8.20. The lowest BCUT2D eigenvalue weighted by molar-refractivity contribution is 0.0326. The molecule has 0 bridgehead atoms. The zero-order chi connectivity index (χ0) is 17.1. The monoisotopic (exact) mass is 363 g/mol. The van der Waals surface area contributed by atoms with Crippen molar-refractivity contribution in [2.75, 3.05) is 55.7 Å². The number of thioether (sulfide) groups is 1. The molecule has 138 valence electrons. The molecule has 0 radical (unpaired) electrons. The van der Waals surface area contributed by atoms with Crippen molar-refractivity contribution in [1.82, 2.24) is 19.8 Å². The normalized spacial score (nSPS) is 28.3. The average Bonchev–Trinajstić information content (AvgIpc) is 3.10. The van der Waals surface area contributed by atoms with Gasteiger partial charge in [-0.05, 0) is 31.9 Å². The Hall–Kier alpha value is -0.890. The van der Waals surface area contributed by atoms with Crippen molar-refractivity contribution in [3.8, 4) is 0 Å². The molecule has 0 unspecified atom stereocenters. The van der Waals surface area contributed by atoms with E-state index in [0.29, 0.717) is 12.1 Å². The van der Waals surface area contributed by atoms with E-state index in [1.165, 1.54) is 19.4 Å². The molecule has 3 aliphatic heterocycles. The maximum Gasteiger partial charge on any atom is 0.225 e. The van der Waals surface area contributed by atoms with E-state index in [1.807, 2.05) is 18.0 Å². The molecule has 0 aromatic carbocycles. The Balaban J connectivity index is 1.45. The predicted molar refractivity (Wildman–Crippen MR) is 102 cm³/mol. The van der Waals surface area contributed by atoms with Crippen LogP contribution >= 0.6 is 11.8 Å². The van der Waals surface area contributed by atoms with Crippen LogP contribution in [0.5, 0.6) is 0 Å². The zero-order valence-electron chi connectivity index (χ0n) is 14.9. The molecule has 1 aromatic rings. The number of rotatable bonds is 5. The van der Waals surface area contributed by atoms with Crippen LogP contribution in [-0.2, 0) is 6.54 Å². The Bertz CT molecular complexity index is 568. The minimum absolute atomic E-state index is 0.264. The minimum atomic E-state index is 0.264. The van der Waals surface area contributed by atoms with E-state index < -0.39 is 0 Å². The summed E-state index contributed by atoms with van der Waals surface area (Å²) in [7, 11) is 0. The highest BCUT2D eigenvalue weighted by Crippen LogP contribution is 2.27. The molecule has 7 heteroatoms. The summed E-state index contributed by atoms with van der Waals surface area (Å²) in [5.41, 5.74) is 1.11. The molecule has 3 fully saturated rings. The molecule has 0 amide bonds. The number of fused-ring (bicyclic) bond motifs is 1. The Kier molecular flexibility index (Phi) is 5.75. The first-order valence-electron chi connectivity index (χ1n) is 9.57. The Morgan fingerprint density at radius 1 is 1.20 bits per heavy atom. The summed E-state index contributed by atoms with van der Waals surface area (Å²) in [6.07, 6.45) is 5.38. The van der Waals surface area contributed by atoms with Gasteiger partial charge >= 0.3 is 0 Å². The first-order valence-corrected chi connectivity index (χ1v) is 10.7. The highest BCUT2D eigenvalue weighted by molar-refractivity contribution is 7.99. The van der Waals surface area contributed by atoms with Crippen molar-refractivity contribution >= 4 is 17.7 Å². The van der Waals surface area contributed by atoms with Crippen molar-refractivity contribution in [1.29, 1.82) is 0 Å². The topological polar surface area (TPSA) is 55.7 Å². The van der Waals surface area contributed by atoms with Gasteiger partial charge in [0.25, 0.3) is 0 Å². The third-order valence-electron chi connectivity index (χ3n) is 5.73. The second-order valence-corrected chi connectivity index (χ2v) is 8.56. The quantitative estimate of drug-likeness (QED) is 0.839. The van der Waals surface area contributed by atoms with Gasteiger partial charge in [-0.2, -0.15) is 11.8 Å². The molecule has 1 aromatic heterocycles. The lowest BCUT2D eigenvalue weighted by Gasteiger charge is -2.43. The van der Waals surface area contributed by atoms with Gasteiger partial charge in [-0.3, -0.25) is 9.80 Å². The Labute approximate surface area is 154 Å². The van der Waals surface area contributed by atoms with Gasteiger partial charge in [-0.1, -0.05) is 0 Å².